The molecule has 1 aromatic heterocycles. The van der Waals surface area contributed by atoms with Gasteiger partial charge in [0.25, 0.3) is 0 Å². The first-order chi connectivity index (χ1) is 9.16. The number of hydrogen-bond donors (Lipinski definition) is 0. The van der Waals surface area contributed by atoms with E-state index >= 15 is 0 Å². The highest BCUT2D eigenvalue weighted by atomic mass is 79.9. The van der Waals surface area contributed by atoms with Crippen LogP contribution in [0.2, 0.25) is 0 Å². The fraction of sp³-hybridized carbons (Fsp3) is 0.500. The second kappa shape index (κ2) is 6.43. The Morgan fingerprint density at radius 1 is 1.50 bits per heavy atom. The molecule has 20 heavy (non-hydrogen) atoms. The van der Waals surface area contributed by atoms with Gasteiger partial charge in [-0.1, -0.05) is 0 Å². The maximum absolute atomic E-state index is 13.1. The van der Waals surface area contributed by atoms with Gasteiger partial charge in [-0.2, -0.15) is 13.2 Å². The number of rotatable bonds is 4. The van der Waals surface area contributed by atoms with Crippen LogP contribution in [0.15, 0.2) is 16.7 Å². The second-order valence-electron chi connectivity index (χ2n) is 4.32. The fourth-order valence-corrected chi connectivity index (χ4v) is 1.91. The van der Waals surface area contributed by atoms with E-state index in [-0.39, 0.29) is 22.9 Å². The summed E-state index contributed by atoms with van der Waals surface area (Å²) in [4.78, 5) is 16.4. The molecule has 1 rings (SSSR count). The summed E-state index contributed by atoms with van der Waals surface area (Å²) in [5, 5.41) is 0. The highest BCUT2D eigenvalue weighted by Crippen LogP contribution is 2.37. The highest BCUT2D eigenvalue weighted by Gasteiger charge is 2.37. The van der Waals surface area contributed by atoms with E-state index in [1.807, 2.05) is 0 Å². The third-order valence-electron chi connectivity index (χ3n) is 2.56. The molecule has 0 amide bonds. The molecule has 0 saturated carbocycles. The Hall–Kier alpha value is -1.31. The zero-order valence-corrected chi connectivity index (χ0v) is 12.7. The topological polar surface area (TPSA) is 42.4 Å². The van der Waals surface area contributed by atoms with Gasteiger partial charge in [0.1, 0.15) is 12.4 Å². The average Bonchev–Trinajstić information content (AvgIpc) is 2.34. The van der Waals surface area contributed by atoms with Crippen LogP contribution in [0.3, 0.4) is 0 Å². The van der Waals surface area contributed by atoms with Crippen molar-refractivity contribution in [2.45, 2.75) is 26.1 Å². The maximum atomic E-state index is 13.1. The Morgan fingerprint density at radius 3 is 2.55 bits per heavy atom. The summed E-state index contributed by atoms with van der Waals surface area (Å²) in [6.45, 7) is 3.05. The number of pyridine rings is 1. The molecule has 1 aromatic rings. The first-order valence-corrected chi connectivity index (χ1v) is 6.52. The minimum Gasteiger partial charge on any atom is -0.468 e. The van der Waals surface area contributed by atoms with Crippen LogP contribution in [-0.4, -0.2) is 30.6 Å². The van der Waals surface area contributed by atoms with Gasteiger partial charge in [0.15, 0.2) is 0 Å². The van der Waals surface area contributed by atoms with Gasteiger partial charge in [0, 0.05) is 16.7 Å². The SMILES string of the molecule is COC(=O)CN(c1ncc(Br)cc1C(F)(F)F)C(C)C. The largest absolute Gasteiger partial charge is 0.468 e. The number of aromatic nitrogens is 1. The molecule has 0 unspecified atom stereocenters. The highest BCUT2D eigenvalue weighted by molar-refractivity contribution is 9.10. The number of anilines is 1. The van der Waals surface area contributed by atoms with E-state index in [1.165, 1.54) is 18.2 Å². The monoisotopic (exact) mass is 354 g/mol. The molecular weight excluding hydrogens is 341 g/mol. The second-order valence-corrected chi connectivity index (χ2v) is 5.24. The quantitative estimate of drug-likeness (QED) is 0.778. The van der Waals surface area contributed by atoms with E-state index < -0.39 is 17.7 Å². The molecule has 0 spiro atoms. The number of carbonyl (C=O) groups excluding carboxylic acids is 1. The van der Waals surface area contributed by atoms with E-state index in [1.54, 1.807) is 13.8 Å². The lowest BCUT2D eigenvalue weighted by atomic mass is 10.2. The zero-order valence-electron chi connectivity index (χ0n) is 11.2. The lowest BCUT2D eigenvalue weighted by molar-refractivity contribution is -0.140. The zero-order chi connectivity index (χ0) is 15.5. The number of alkyl halides is 3. The summed E-state index contributed by atoms with van der Waals surface area (Å²) in [5.41, 5.74) is -0.899. The lowest BCUT2D eigenvalue weighted by Crippen LogP contribution is -2.38. The van der Waals surface area contributed by atoms with E-state index in [9.17, 15) is 18.0 Å². The first-order valence-electron chi connectivity index (χ1n) is 5.73. The summed E-state index contributed by atoms with van der Waals surface area (Å²) in [7, 11) is 1.18. The summed E-state index contributed by atoms with van der Waals surface area (Å²) in [5.74, 6) is -0.919. The van der Waals surface area contributed by atoms with Gasteiger partial charge in [-0.25, -0.2) is 4.98 Å². The van der Waals surface area contributed by atoms with Gasteiger partial charge in [0.2, 0.25) is 0 Å². The Balaban J connectivity index is 3.30. The Bertz CT molecular complexity index is 492. The minimum atomic E-state index is -4.56. The van der Waals surface area contributed by atoms with E-state index in [0.29, 0.717) is 0 Å². The van der Waals surface area contributed by atoms with Crippen molar-refractivity contribution in [2.75, 3.05) is 18.6 Å². The average molecular weight is 355 g/mol. The molecule has 0 aliphatic rings. The molecule has 1 heterocycles. The number of methoxy groups -OCH3 is 1. The molecule has 0 radical (unpaired) electrons. The van der Waals surface area contributed by atoms with Gasteiger partial charge in [0.05, 0.1) is 12.7 Å². The van der Waals surface area contributed by atoms with Crippen LogP contribution >= 0.6 is 15.9 Å². The van der Waals surface area contributed by atoms with Crippen molar-refractivity contribution in [3.05, 3.63) is 22.3 Å². The maximum Gasteiger partial charge on any atom is 0.419 e. The van der Waals surface area contributed by atoms with Crippen LogP contribution in [0, 0.1) is 0 Å². The summed E-state index contributed by atoms with van der Waals surface area (Å²) in [6.07, 6.45) is -3.30. The molecule has 0 aliphatic carbocycles. The van der Waals surface area contributed by atoms with Gasteiger partial charge >= 0.3 is 12.1 Å². The Kier molecular flexibility index (Phi) is 5.38. The van der Waals surface area contributed by atoms with Crippen LogP contribution in [0.5, 0.6) is 0 Å². The Labute approximate surface area is 123 Å². The molecule has 4 nitrogen and oxygen atoms in total. The molecule has 0 N–H and O–H groups in total. The number of carbonyl (C=O) groups is 1. The van der Waals surface area contributed by atoms with Crippen LogP contribution in [-0.2, 0) is 15.7 Å². The normalized spacial score (nSPS) is 11.6. The molecule has 0 saturated heterocycles. The third kappa shape index (κ3) is 4.09. The molecule has 8 heteroatoms. The van der Waals surface area contributed by atoms with E-state index in [4.69, 9.17) is 0 Å². The van der Waals surface area contributed by atoms with Gasteiger partial charge in [-0.3, -0.25) is 4.79 Å². The predicted octanol–water partition coefficient (Wildman–Crippen LogP) is 3.25. The van der Waals surface area contributed by atoms with E-state index in [2.05, 4.69) is 25.7 Å². The van der Waals surface area contributed by atoms with Crippen molar-refractivity contribution < 1.29 is 22.7 Å². The first kappa shape index (κ1) is 16.7. The smallest absolute Gasteiger partial charge is 0.419 e. The predicted molar refractivity (Wildman–Crippen MR) is 71.4 cm³/mol. The number of hydrogen-bond acceptors (Lipinski definition) is 4. The number of nitrogens with zero attached hydrogens (tertiary/aromatic N) is 2. The van der Waals surface area contributed by atoms with Crippen LogP contribution in [0.25, 0.3) is 0 Å². The number of esters is 1. The lowest BCUT2D eigenvalue weighted by Gasteiger charge is -2.29. The molecule has 0 bridgehead atoms. The van der Waals surface area contributed by atoms with Crippen molar-refractivity contribution in [2.24, 2.45) is 0 Å². The van der Waals surface area contributed by atoms with Crippen LogP contribution in [0.1, 0.15) is 19.4 Å². The molecule has 0 aromatic carbocycles. The van der Waals surface area contributed by atoms with Crippen molar-refractivity contribution in [3.8, 4) is 0 Å². The molecule has 112 valence electrons. The van der Waals surface area contributed by atoms with Crippen molar-refractivity contribution in [1.29, 1.82) is 0 Å². The standard InChI is InChI=1S/C12H14BrF3N2O2/c1-7(2)18(6-10(19)20-3)11-9(12(14,15)16)4-8(13)5-17-11/h4-5,7H,6H2,1-3H3. The van der Waals surface area contributed by atoms with E-state index in [0.717, 1.165) is 6.07 Å². The van der Waals surface area contributed by atoms with Gasteiger partial charge < -0.3 is 9.64 Å². The van der Waals surface area contributed by atoms with Crippen LogP contribution in [0.4, 0.5) is 19.0 Å². The van der Waals surface area contributed by atoms with Crippen molar-refractivity contribution in [3.63, 3.8) is 0 Å². The Morgan fingerprint density at radius 2 is 2.10 bits per heavy atom. The summed E-state index contributed by atoms with van der Waals surface area (Å²) >= 11 is 2.97. The van der Waals surface area contributed by atoms with Crippen LogP contribution < -0.4 is 4.90 Å². The van der Waals surface area contributed by atoms with Gasteiger partial charge in [-0.15, -0.1) is 0 Å². The number of ether oxygens (including phenoxy) is 1. The van der Waals surface area contributed by atoms with Gasteiger partial charge in [-0.05, 0) is 35.8 Å². The summed E-state index contributed by atoms with van der Waals surface area (Å²) < 4.78 is 43.9. The fourth-order valence-electron chi connectivity index (χ4n) is 1.58. The number of halogens is 4. The molecule has 0 fully saturated rings. The molecular formula is C12H14BrF3N2O2. The van der Waals surface area contributed by atoms with Crippen molar-refractivity contribution >= 4 is 27.7 Å². The molecule has 0 aliphatic heterocycles. The minimum absolute atomic E-state index is 0.218. The van der Waals surface area contributed by atoms with Crippen molar-refractivity contribution in [1.82, 2.24) is 4.98 Å². The summed E-state index contributed by atoms with van der Waals surface area (Å²) in [6, 6.07) is 0.596. The third-order valence-corrected chi connectivity index (χ3v) is 2.99. The molecule has 0 atom stereocenters.